The normalized spacial score (nSPS) is 16.7. The molecular formula is C14H21BrNO2+. The highest BCUT2D eigenvalue weighted by Crippen LogP contribution is 2.16. The Kier molecular flexibility index (Phi) is 5.97. The van der Waals surface area contributed by atoms with E-state index in [1.807, 2.05) is 24.3 Å². The van der Waals surface area contributed by atoms with Crippen LogP contribution in [0.4, 0.5) is 0 Å². The summed E-state index contributed by atoms with van der Waals surface area (Å²) in [5.41, 5.74) is 0. The minimum absolute atomic E-state index is 0.811. The van der Waals surface area contributed by atoms with E-state index in [1.54, 1.807) is 4.90 Å². The third kappa shape index (κ3) is 4.96. The average molecular weight is 315 g/mol. The minimum Gasteiger partial charge on any atom is -0.494 e. The first-order valence-electron chi connectivity index (χ1n) is 6.64. The van der Waals surface area contributed by atoms with Crippen LogP contribution in [0.3, 0.4) is 0 Å². The van der Waals surface area contributed by atoms with Crippen LogP contribution in [0.5, 0.6) is 5.75 Å². The molecule has 1 aromatic carbocycles. The zero-order valence-electron chi connectivity index (χ0n) is 10.7. The summed E-state index contributed by atoms with van der Waals surface area (Å²) in [5, 5.41) is 0. The van der Waals surface area contributed by atoms with Crippen LogP contribution in [0, 0.1) is 0 Å². The molecule has 0 atom stereocenters. The molecule has 4 heteroatoms. The number of quaternary nitrogens is 1. The van der Waals surface area contributed by atoms with E-state index in [0.717, 1.165) is 49.6 Å². The summed E-state index contributed by atoms with van der Waals surface area (Å²) in [7, 11) is 0. The van der Waals surface area contributed by atoms with Gasteiger partial charge < -0.3 is 14.4 Å². The second-order valence-corrected chi connectivity index (χ2v) is 5.54. The molecule has 0 saturated carbocycles. The molecular weight excluding hydrogens is 294 g/mol. The van der Waals surface area contributed by atoms with Crippen LogP contribution >= 0.6 is 15.9 Å². The van der Waals surface area contributed by atoms with E-state index in [1.165, 1.54) is 13.0 Å². The molecule has 1 saturated heterocycles. The van der Waals surface area contributed by atoms with Crippen molar-refractivity contribution >= 4 is 15.9 Å². The van der Waals surface area contributed by atoms with Crippen LogP contribution in [-0.2, 0) is 4.74 Å². The molecule has 1 fully saturated rings. The fraction of sp³-hybridized carbons (Fsp3) is 0.571. The number of ether oxygens (including phenoxy) is 2. The first kappa shape index (κ1) is 13.8. The monoisotopic (exact) mass is 314 g/mol. The summed E-state index contributed by atoms with van der Waals surface area (Å²) in [6.45, 7) is 6.22. The maximum Gasteiger partial charge on any atom is 0.119 e. The first-order chi connectivity index (χ1) is 8.84. The van der Waals surface area contributed by atoms with Gasteiger partial charge in [0.25, 0.3) is 0 Å². The molecule has 0 aromatic heterocycles. The van der Waals surface area contributed by atoms with Gasteiger partial charge in [0, 0.05) is 4.47 Å². The first-order valence-corrected chi connectivity index (χ1v) is 7.43. The highest BCUT2D eigenvalue weighted by atomic mass is 79.9. The molecule has 0 aliphatic carbocycles. The average Bonchev–Trinajstić information content (AvgIpc) is 2.42. The van der Waals surface area contributed by atoms with Gasteiger partial charge in [-0.15, -0.1) is 0 Å². The Balaban J connectivity index is 1.54. The topological polar surface area (TPSA) is 22.9 Å². The number of unbranched alkanes of at least 4 members (excludes halogenated alkanes) is 1. The number of nitrogens with one attached hydrogen (secondary N) is 1. The van der Waals surface area contributed by atoms with Crippen molar-refractivity contribution in [3.05, 3.63) is 28.7 Å². The molecule has 100 valence electrons. The van der Waals surface area contributed by atoms with Crippen molar-refractivity contribution in [2.45, 2.75) is 12.8 Å². The lowest BCUT2D eigenvalue weighted by atomic mass is 10.3. The molecule has 1 heterocycles. The van der Waals surface area contributed by atoms with Gasteiger partial charge in [-0.25, -0.2) is 0 Å². The van der Waals surface area contributed by atoms with Gasteiger partial charge in [-0.2, -0.15) is 0 Å². The summed E-state index contributed by atoms with van der Waals surface area (Å²) >= 11 is 3.41. The summed E-state index contributed by atoms with van der Waals surface area (Å²) in [5.74, 6) is 0.955. The smallest absolute Gasteiger partial charge is 0.119 e. The Labute approximate surface area is 117 Å². The van der Waals surface area contributed by atoms with Crippen molar-refractivity contribution in [2.75, 3.05) is 39.5 Å². The fourth-order valence-electron chi connectivity index (χ4n) is 2.11. The predicted octanol–water partition coefficient (Wildman–Crippen LogP) is 1.52. The molecule has 1 aliphatic heterocycles. The number of hydrogen-bond acceptors (Lipinski definition) is 2. The fourth-order valence-corrected chi connectivity index (χ4v) is 2.37. The van der Waals surface area contributed by atoms with Crippen molar-refractivity contribution < 1.29 is 14.4 Å². The van der Waals surface area contributed by atoms with Gasteiger partial charge in [-0.1, -0.05) is 15.9 Å². The van der Waals surface area contributed by atoms with E-state index in [0.29, 0.717) is 0 Å². The SMILES string of the molecule is Brc1ccc(OCCCC[NH+]2CCOCC2)cc1. The van der Waals surface area contributed by atoms with Crippen LogP contribution in [-0.4, -0.2) is 39.5 Å². The molecule has 18 heavy (non-hydrogen) atoms. The van der Waals surface area contributed by atoms with Crippen molar-refractivity contribution in [1.29, 1.82) is 0 Å². The third-order valence-electron chi connectivity index (χ3n) is 3.21. The van der Waals surface area contributed by atoms with E-state index in [9.17, 15) is 0 Å². The van der Waals surface area contributed by atoms with E-state index in [4.69, 9.17) is 9.47 Å². The summed E-state index contributed by atoms with van der Waals surface area (Å²) in [6, 6.07) is 8.01. The minimum atomic E-state index is 0.811. The van der Waals surface area contributed by atoms with E-state index < -0.39 is 0 Å². The zero-order valence-corrected chi connectivity index (χ0v) is 12.2. The maximum atomic E-state index is 5.70. The maximum absolute atomic E-state index is 5.70. The number of morpholine rings is 1. The molecule has 1 aromatic rings. The number of rotatable bonds is 6. The molecule has 1 N–H and O–H groups in total. The quantitative estimate of drug-likeness (QED) is 0.805. The van der Waals surface area contributed by atoms with Crippen LogP contribution in [0.15, 0.2) is 28.7 Å². The van der Waals surface area contributed by atoms with Crippen LogP contribution < -0.4 is 9.64 Å². The number of benzene rings is 1. The number of hydrogen-bond donors (Lipinski definition) is 1. The second kappa shape index (κ2) is 7.77. The lowest BCUT2D eigenvalue weighted by Gasteiger charge is -2.23. The van der Waals surface area contributed by atoms with Crippen LogP contribution in [0.1, 0.15) is 12.8 Å². The molecule has 0 amide bonds. The largest absolute Gasteiger partial charge is 0.494 e. The van der Waals surface area contributed by atoms with Crippen LogP contribution in [0.2, 0.25) is 0 Å². The van der Waals surface area contributed by atoms with Gasteiger partial charge in [0.2, 0.25) is 0 Å². The second-order valence-electron chi connectivity index (χ2n) is 4.62. The molecule has 0 spiro atoms. The predicted molar refractivity (Wildman–Crippen MR) is 75.3 cm³/mol. The van der Waals surface area contributed by atoms with Gasteiger partial charge in [-0.3, -0.25) is 0 Å². The van der Waals surface area contributed by atoms with Crippen molar-refractivity contribution in [1.82, 2.24) is 0 Å². The highest BCUT2D eigenvalue weighted by Gasteiger charge is 2.12. The van der Waals surface area contributed by atoms with Gasteiger partial charge in [0.15, 0.2) is 0 Å². The third-order valence-corrected chi connectivity index (χ3v) is 3.74. The molecule has 3 nitrogen and oxygen atoms in total. The molecule has 0 radical (unpaired) electrons. The summed E-state index contributed by atoms with van der Waals surface area (Å²) < 4.78 is 12.1. The lowest BCUT2D eigenvalue weighted by molar-refractivity contribution is -0.908. The summed E-state index contributed by atoms with van der Waals surface area (Å²) in [4.78, 5) is 1.67. The van der Waals surface area contributed by atoms with E-state index in [-0.39, 0.29) is 0 Å². The van der Waals surface area contributed by atoms with Crippen molar-refractivity contribution in [2.24, 2.45) is 0 Å². The molecule has 2 rings (SSSR count). The number of halogens is 1. The Morgan fingerprint density at radius 3 is 2.56 bits per heavy atom. The van der Waals surface area contributed by atoms with Gasteiger partial charge in [0.05, 0.1) is 26.4 Å². The zero-order chi connectivity index (χ0) is 12.6. The molecule has 1 aliphatic rings. The van der Waals surface area contributed by atoms with Crippen molar-refractivity contribution in [3.8, 4) is 5.75 Å². The Morgan fingerprint density at radius 2 is 1.83 bits per heavy atom. The van der Waals surface area contributed by atoms with Crippen molar-refractivity contribution in [3.63, 3.8) is 0 Å². The molecule has 0 bridgehead atoms. The Hall–Kier alpha value is -0.580. The van der Waals surface area contributed by atoms with Gasteiger partial charge in [0.1, 0.15) is 18.8 Å². The highest BCUT2D eigenvalue weighted by molar-refractivity contribution is 9.10. The van der Waals surface area contributed by atoms with Gasteiger partial charge in [-0.05, 0) is 37.1 Å². The summed E-state index contributed by atoms with van der Waals surface area (Å²) in [6.07, 6.45) is 2.35. The Bertz CT molecular complexity index is 336. The van der Waals surface area contributed by atoms with E-state index >= 15 is 0 Å². The Morgan fingerprint density at radius 1 is 1.11 bits per heavy atom. The standard InChI is InChI=1S/C14H20BrNO2/c15-13-3-5-14(6-4-13)18-10-2-1-7-16-8-11-17-12-9-16/h3-6H,1-2,7-12H2/p+1. The van der Waals surface area contributed by atoms with Crippen LogP contribution in [0.25, 0.3) is 0 Å². The lowest BCUT2D eigenvalue weighted by Crippen LogP contribution is -3.14. The molecule has 0 unspecified atom stereocenters. The van der Waals surface area contributed by atoms with E-state index in [2.05, 4.69) is 15.9 Å². The van der Waals surface area contributed by atoms with Gasteiger partial charge >= 0.3 is 0 Å².